The summed E-state index contributed by atoms with van der Waals surface area (Å²) in [7, 11) is 0. The van der Waals surface area contributed by atoms with Gasteiger partial charge in [0.2, 0.25) is 0 Å². The number of hydrogen-bond donors (Lipinski definition) is 2. The van der Waals surface area contributed by atoms with E-state index in [0.717, 1.165) is 5.69 Å². The van der Waals surface area contributed by atoms with Crippen molar-refractivity contribution in [2.24, 2.45) is 0 Å². The first-order valence-corrected chi connectivity index (χ1v) is 8.38. The van der Waals surface area contributed by atoms with Crippen LogP contribution in [0.2, 0.25) is 10.0 Å². The van der Waals surface area contributed by atoms with Crippen LogP contribution in [0.1, 0.15) is 16.1 Å². The number of nitrogens with zero attached hydrogens (tertiary/aromatic N) is 1. The predicted molar refractivity (Wildman–Crippen MR) is 102 cm³/mol. The predicted octanol–water partition coefficient (Wildman–Crippen LogP) is 5.25. The summed E-state index contributed by atoms with van der Waals surface area (Å²) in [5, 5.41) is 6.88. The van der Waals surface area contributed by atoms with Crippen LogP contribution in [0, 0.1) is 0 Å². The van der Waals surface area contributed by atoms with Gasteiger partial charge >= 0.3 is 0 Å². The minimum Gasteiger partial charge on any atom is -0.380 e. The zero-order valence-corrected chi connectivity index (χ0v) is 14.7. The van der Waals surface area contributed by atoms with Crippen LogP contribution in [0.4, 0.5) is 11.4 Å². The van der Waals surface area contributed by atoms with Gasteiger partial charge in [0.25, 0.3) is 5.91 Å². The first kappa shape index (κ1) is 17.3. The van der Waals surface area contributed by atoms with Crippen LogP contribution in [0.5, 0.6) is 0 Å². The topological polar surface area (TPSA) is 54.0 Å². The second-order valence-electron chi connectivity index (χ2n) is 5.35. The molecule has 2 aromatic carbocycles. The summed E-state index contributed by atoms with van der Waals surface area (Å²) < 4.78 is 0. The minimum atomic E-state index is -0.348. The van der Waals surface area contributed by atoms with E-state index in [1.165, 1.54) is 5.56 Å². The van der Waals surface area contributed by atoms with Crippen molar-refractivity contribution in [1.82, 2.24) is 4.98 Å². The Morgan fingerprint density at radius 2 is 1.80 bits per heavy atom. The van der Waals surface area contributed by atoms with E-state index in [1.807, 2.05) is 36.4 Å². The molecule has 1 aromatic heterocycles. The van der Waals surface area contributed by atoms with E-state index in [1.54, 1.807) is 30.5 Å². The lowest BCUT2D eigenvalue weighted by molar-refractivity contribution is 0.102. The third-order valence-electron chi connectivity index (χ3n) is 3.51. The van der Waals surface area contributed by atoms with Crippen molar-refractivity contribution in [2.45, 2.75) is 6.54 Å². The molecule has 1 heterocycles. The number of nitrogens with one attached hydrogen (secondary N) is 2. The maximum Gasteiger partial charge on any atom is 0.274 e. The van der Waals surface area contributed by atoms with Crippen molar-refractivity contribution in [3.63, 3.8) is 0 Å². The molecule has 3 aromatic rings. The molecular formula is C19H15Cl2N3O. The molecule has 0 unspecified atom stereocenters. The molecule has 25 heavy (non-hydrogen) atoms. The molecule has 2 N–H and O–H groups in total. The zero-order chi connectivity index (χ0) is 17.6. The summed E-state index contributed by atoms with van der Waals surface area (Å²) in [4.78, 5) is 16.5. The molecule has 1 amide bonds. The van der Waals surface area contributed by atoms with Gasteiger partial charge in [-0.25, -0.2) is 4.98 Å². The quantitative estimate of drug-likeness (QED) is 0.643. The van der Waals surface area contributed by atoms with E-state index in [4.69, 9.17) is 23.2 Å². The molecule has 0 aliphatic heterocycles. The number of halogens is 2. The Labute approximate surface area is 155 Å². The van der Waals surface area contributed by atoms with Crippen molar-refractivity contribution in [3.8, 4) is 0 Å². The van der Waals surface area contributed by atoms with Crippen molar-refractivity contribution in [3.05, 3.63) is 88.2 Å². The third-order valence-corrected chi connectivity index (χ3v) is 4.08. The largest absolute Gasteiger partial charge is 0.380 e. The number of carbonyl (C=O) groups excluding carboxylic acids is 1. The number of carbonyl (C=O) groups is 1. The lowest BCUT2D eigenvalue weighted by atomic mass is 10.2. The van der Waals surface area contributed by atoms with Crippen LogP contribution >= 0.6 is 23.2 Å². The highest BCUT2D eigenvalue weighted by atomic mass is 35.5. The van der Waals surface area contributed by atoms with Gasteiger partial charge in [-0.3, -0.25) is 4.79 Å². The van der Waals surface area contributed by atoms with Gasteiger partial charge in [0.1, 0.15) is 5.69 Å². The van der Waals surface area contributed by atoms with Gasteiger partial charge in [0.15, 0.2) is 0 Å². The normalized spacial score (nSPS) is 10.3. The van der Waals surface area contributed by atoms with Crippen LogP contribution in [-0.4, -0.2) is 10.9 Å². The number of pyridine rings is 1. The molecule has 0 radical (unpaired) electrons. The highest BCUT2D eigenvalue weighted by Gasteiger charge is 2.10. The molecule has 0 fully saturated rings. The van der Waals surface area contributed by atoms with Crippen molar-refractivity contribution in [2.75, 3.05) is 10.6 Å². The molecule has 0 saturated heterocycles. The fourth-order valence-corrected chi connectivity index (χ4v) is 2.55. The zero-order valence-electron chi connectivity index (χ0n) is 13.2. The lowest BCUT2D eigenvalue weighted by Crippen LogP contribution is -2.14. The lowest BCUT2D eigenvalue weighted by Gasteiger charge is -2.09. The van der Waals surface area contributed by atoms with Gasteiger partial charge in [-0.05, 0) is 35.9 Å². The number of benzene rings is 2. The average molecular weight is 372 g/mol. The van der Waals surface area contributed by atoms with E-state index in [9.17, 15) is 4.79 Å². The number of hydrogen-bond acceptors (Lipinski definition) is 3. The molecule has 0 bridgehead atoms. The summed E-state index contributed by atoms with van der Waals surface area (Å²) in [5.41, 5.74) is 2.75. The van der Waals surface area contributed by atoms with E-state index < -0.39 is 0 Å². The van der Waals surface area contributed by atoms with Gasteiger partial charge in [-0.15, -0.1) is 0 Å². The fraction of sp³-hybridized carbons (Fsp3) is 0.0526. The number of aromatic nitrogens is 1. The molecule has 0 aliphatic rings. The highest BCUT2D eigenvalue weighted by molar-refractivity contribution is 6.35. The summed E-state index contributed by atoms with van der Waals surface area (Å²) in [6.07, 6.45) is 1.62. The molecule has 0 saturated carbocycles. The summed E-state index contributed by atoms with van der Waals surface area (Å²) in [5.74, 6) is -0.348. The molecule has 0 aliphatic carbocycles. The van der Waals surface area contributed by atoms with Crippen LogP contribution < -0.4 is 10.6 Å². The second kappa shape index (κ2) is 8.01. The maximum atomic E-state index is 12.3. The Balaban J connectivity index is 1.63. The van der Waals surface area contributed by atoms with E-state index >= 15 is 0 Å². The monoisotopic (exact) mass is 371 g/mol. The van der Waals surface area contributed by atoms with Crippen molar-refractivity contribution < 1.29 is 4.79 Å². The summed E-state index contributed by atoms with van der Waals surface area (Å²) in [6, 6.07) is 18.4. The summed E-state index contributed by atoms with van der Waals surface area (Å²) in [6.45, 7) is 0.687. The first-order valence-electron chi connectivity index (χ1n) is 7.62. The second-order valence-corrected chi connectivity index (χ2v) is 6.19. The standard InChI is InChI=1S/C19H15Cl2N3O/c20-14-6-8-16(21)18(10-14)24-19(25)17-9-7-15(12-23-17)22-11-13-4-2-1-3-5-13/h1-10,12,22H,11H2,(H,24,25). The van der Waals surface area contributed by atoms with Crippen LogP contribution in [0.3, 0.4) is 0 Å². The summed E-state index contributed by atoms with van der Waals surface area (Å²) >= 11 is 12.0. The Hall–Kier alpha value is -2.56. The molecule has 4 nitrogen and oxygen atoms in total. The molecular weight excluding hydrogens is 357 g/mol. The number of amides is 1. The van der Waals surface area contributed by atoms with Gasteiger partial charge in [0, 0.05) is 11.6 Å². The van der Waals surface area contributed by atoms with Gasteiger partial charge in [0.05, 0.1) is 22.6 Å². The smallest absolute Gasteiger partial charge is 0.274 e. The Morgan fingerprint density at radius 3 is 2.52 bits per heavy atom. The van der Waals surface area contributed by atoms with Crippen LogP contribution in [0.15, 0.2) is 66.9 Å². The van der Waals surface area contributed by atoms with Crippen LogP contribution in [-0.2, 0) is 6.54 Å². The van der Waals surface area contributed by atoms with Crippen molar-refractivity contribution in [1.29, 1.82) is 0 Å². The van der Waals surface area contributed by atoms with E-state index in [0.29, 0.717) is 28.0 Å². The SMILES string of the molecule is O=C(Nc1cc(Cl)ccc1Cl)c1ccc(NCc2ccccc2)cn1. The fourth-order valence-electron chi connectivity index (χ4n) is 2.21. The first-order chi connectivity index (χ1) is 12.1. The number of rotatable bonds is 5. The average Bonchev–Trinajstić information content (AvgIpc) is 2.64. The van der Waals surface area contributed by atoms with Gasteiger partial charge in [-0.1, -0.05) is 53.5 Å². The highest BCUT2D eigenvalue weighted by Crippen LogP contribution is 2.25. The van der Waals surface area contributed by atoms with Gasteiger partial charge < -0.3 is 10.6 Å². The molecule has 3 rings (SSSR count). The third kappa shape index (κ3) is 4.72. The van der Waals surface area contributed by atoms with Crippen molar-refractivity contribution >= 4 is 40.5 Å². The molecule has 6 heteroatoms. The van der Waals surface area contributed by atoms with E-state index in [2.05, 4.69) is 15.6 Å². The maximum absolute atomic E-state index is 12.3. The number of anilines is 2. The molecule has 0 atom stereocenters. The molecule has 126 valence electrons. The Bertz CT molecular complexity index is 868. The minimum absolute atomic E-state index is 0.293. The Morgan fingerprint density at radius 1 is 1.00 bits per heavy atom. The Kier molecular flexibility index (Phi) is 5.53. The van der Waals surface area contributed by atoms with E-state index in [-0.39, 0.29) is 5.91 Å². The van der Waals surface area contributed by atoms with Gasteiger partial charge in [-0.2, -0.15) is 0 Å². The van der Waals surface area contributed by atoms with Crippen LogP contribution in [0.25, 0.3) is 0 Å². The molecule has 0 spiro atoms.